The summed E-state index contributed by atoms with van der Waals surface area (Å²) in [5.74, 6) is 0.685. The number of ether oxygens (including phenoxy) is 1. The summed E-state index contributed by atoms with van der Waals surface area (Å²) in [7, 11) is 1.37. The number of rotatable bonds is 2. The van der Waals surface area contributed by atoms with Gasteiger partial charge in [0.05, 0.1) is 12.8 Å². The Morgan fingerprint density at radius 2 is 2.30 bits per heavy atom. The number of imidazole rings is 1. The molecule has 3 rings (SSSR count). The number of esters is 1. The Hall–Kier alpha value is -1.46. The van der Waals surface area contributed by atoms with Crippen molar-refractivity contribution in [2.75, 3.05) is 7.11 Å². The van der Waals surface area contributed by atoms with Crippen LogP contribution in [-0.2, 0) is 16.0 Å². The normalized spacial score (nSPS) is 17.9. The molecule has 0 radical (unpaired) electrons. The fraction of sp³-hybridized carbons (Fsp3) is 0.385. The van der Waals surface area contributed by atoms with Gasteiger partial charge in [0, 0.05) is 0 Å². The Kier molecular flexibility index (Phi) is 3.48. The van der Waals surface area contributed by atoms with Gasteiger partial charge in [0.15, 0.2) is 22.0 Å². The van der Waals surface area contributed by atoms with Crippen LogP contribution in [0.5, 0.6) is 0 Å². The van der Waals surface area contributed by atoms with Crippen molar-refractivity contribution < 1.29 is 13.9 Å². The van der Waals surface area contributed by atoms with Crippen LogP contribution in [-0.4, -0.2) is 22.6 Å². The summed E-state index contributed by atoms with van der Waals surface area (Å²) < 4.78 is 12.0. The van der Waals surface area contributed by atoms with Crippen LogP contribution < -0.4 is 0 Å². The third-order valence-electron chi connectivity index (χ3n) is 3.43. The Balaban J connectivity index is 2.15. The van der Waals surface area contributed by atoms with Gasteiger partial charge in [0.2, 0.25) is 0 Å². The number of furan rings is 1. The summed E-state index contributed by atoms with van der Waals surface area (Å²) in [6, 6.07) is 2.90. The number of carbonyl (C=O) groups is 1. The van der Waals surface area contributed by atoms with Crippen LogP contribution in [0.1, 0.15) is 24.6 Å². The highest BCUT2D eigenvalue weighted by molar-refractivity contribution is 6.30. The fourth-order valence-corrected chi connectivity index (χ4v) is 2.97. The van der Waals surface area contributed by atoms with Gasteiger partial charge in [0.1, 0.15) is 6.04 Å². The van der Waals surface area contributed by atoms with Gasteiger partial charge in [-0.05, 0) is 43.0 Å². The molecule has 2 aromatic heterocycles. The summed E-state index contributed by atoms with van der Waals surface area (Å²) in [4.78, 5) is 16.3. The van der Waals surface area contributed by atoms with E-state index in [9.17, 15) is 4.79 Å². The lowest BCUT2D eigenvalue weighted by Gasteiger charge is -2.24. The highest BCUT2D eigenvalue weighted by atomic mass is 35.5. The molecular weight excluding hydrogens is 303 g/mol. The van der Waals surface area contributed by atoms with Crippen molar-refractivity contribution in [2.45, 2.75) is 25.3 Å². The number of aromatic nitrogens is 2. The topological polar surface area (TPSA) is 57.3 Å². The van der Waals surface area contributed by atoms with Crippen LogP contribution >= 0.6 is 23.2 Å². The van der Waals surface area contributed by atoms with Crippen LogP contribution in [0.3, 0.4) is 0 Å². The molecule has 1 aliphatic rings. The third kappa shape index (κ3) is 2.11. The molecule has 0 N–H and O–H groups in total. The van der Waals surface area contributed by atoms with E-state index in [4.69, 9.17) is 32.4 Å². The molecule has 20 heavy (non-hydrogen) atoms. The SMILES string of the molecule is COC(=O)C1CCCc2c(Cl)nc(-c3ccc(Cl)o3)n21. The van der Waals surface area contributed by atoms with Crippen molar-refractivity contribution in [3.63, 3.8) is 0 Å². The summed E-state index contributed by atoms with van der Waals surface area (Å²) in [6.45, 7) is 0. The van der Waals surface area contributed by atoms with E-state index < -0.39 is 6.04 Å². The summed E-state index contributed by atoms with van der Waals surface area (Å²) in [6.07, 6.45) is 2.32. The highest BCUT2D eigenvalue weighted by Crippen LogP contribution is 2.36. The maximum Gasteiger partial charge on any atom is 0.328 e. The van der Waals surface area contributed by atoms with Crippen molar-refractivity contribution >= 4 is 29.2 Å². The first-order valence-electron chi connectivity index (χ1n) is 6.22. The smallest absolute Gasteiger partial charge is 0.328 e. The lowest BCUT2D eigenvalue weighted by molar-refractivity contribution is -0.145. The average molecular weight is 315 g/mol. The van der Waals surface area contributed by atoms with Crippen molar-refractivity contribution in [1.29, 1.82) is 0 Å². The Bertz CT molecular complexity index is 663. The van der Waals surface area contributed by atoms with Gasteiger partial charge in [-0.2, -0.15) is 0 Å². The zero-order valence-corrected chi connectivity index (χ0v) is 12.2. The molecule has 0 fully saturated rings. The molecule has 1 unspecified atom stereocenters. The van der Waals surface area contributed by atoms with Crippen LogP contribution in [0, 0.1) is 0 Å². The van der Waals surface area contributed by atoms with Crippen LogP contribution in [0.2, 0.25) is 10.4 Å². The van der Waals surface area contributed by atoms with Crippen LogP contribution in [0.4, 0.5) is 0 Å². The highest BCUT2D eigenvalue weighted by Gasteiger charge is 2.32. The fourth-order valence-electron chi connectivity index (χ4n) is 2.56. The number of halogens is 2. The number of fused-ring (bicyclic) bond motifs is 1. The zero-order valence-electron chi connectivity index (χ0n) is 10.7. The molecule has 0 saturated heterocycles. The van der Waals surface area contributed by atoms with E-state index in [0.29, 0.717) is 23.2 Å². The second-order valence-electron chi connectivity index (χ2n) is 4.58. The average Bonchev–Trinajstić information content (AvgIpc) is 3.02. The van der Waals surface area contributed by atoms with E-state index in [0.717, 1.165) is 18.5 Å². The summed E-state index contributed by atoms with van der Waals surface area (Å²) in [5.41, 5.74) is 0.829. The molecule has 0 aliphatic carbocycles. The monoisotopic (exact) mass is 314 g/mol. The molecule has 5 nitrogen and oxygen atoms in total. The van der Waals surface area contributed by atoms with Crippen molar-refractivity contribution in [3.8, 4) is 11.6 Å². The van der Waals surface area contributed by atoms with E-state index in [2.05, 4.69) is 4.98 Å². The molecule has 1 aliphatic heterocycles. The molecule has 1 atom stereocenters. The van der Waals surface area contributed by atoms with Gasteiger partial charge < -0.3 is 13.7 Å². The summed E-state index contributed by atoms with van der Waals surface area (Å²) in [5, 5.41) is 0.653. The minimum absolute atomic E-state index is 0.263. The van der Waals surface area contributed by atoms with Gasteiger partial charge >= 0.3 is 5.97 Å². The van der Waals surface area contributed by atoms with Crippen molar-refractivity contribution in [2.24, 2.45) is 0 Å². The molecule has 2 aromatic rings. The van der Waals surface area contributed by atoms with E-state index in [1.54, 1.807) is 16.7 Å². The van der Waals surface area contributed by atoms with Crippen LogP contribution in [0.25, 0.3) is 11.6 Å². The number of nitrogens with zero attached hydrogens (tertiary/aromatic N) is 2. The molecule has 0 bridgehead atoms. The Labute approximate surface area is 125 Å². The first-order valence-corrected chi connectivity index (χ1v) is 6.97. The minimum atomic E-state index is -0.428. The van der Waals surface area contributed by atoms with Gasteiger partial charge in [-0.25, -0.2) is 9.78 Å². The standard InChI is InChI=1S/C13H12Cl2N2O3/c1-19-13(18)8-4-2-3-7-11(15)16-12(17(7)8)9-5-6-10(14)20-9/h5-6,8H,2-4H2,1H3. The van der Waals surface area contributed by atoms with Gasteiger partial charge in [0.25, 0.3) is 0 Å². The van der Waals surface area contributed by atoms with E-state index in [1.807, 2.05) is 0 Å². The maximum atomic E-state index is 12.0. The predicted octanol–water partition coefficient (Wildman–Crippen LogP) is 3.50. The van der Waals surface area contributed by atoms with Gasteiger partial charge in [-0.1, -0.05) is 11.6 Å². The maximum absolute atomic E-state index is 12.0. The zero-order chi connectivity index (χ0) is 14.3. The molecular formula is C13H12Cl2N2O3. The second-order valence-corrected chi connectivity index (χ2v) is 5.31. The quantitative estimate of drug-likeness (QED) is 0.796. The minimum Gasteiger partial charge on any atom is -0.467 e. The van der Waals surface area contributed by atoms with Crippen molar-refractivity contribution in [3.05, 3.63) is 28.2 Å². The molecule has 0 amide bonds. The number of hydrogen-bond acceptors (Lipinski definition) is 4. The molecule has 0 aromatic carbocycles. The lowest BCUT2D eigenvalue weighted by atomic mass is 10.0. The van der Waals surface area contributed by atoms with Gasteiger partial charge in [-0.3, -0.25) is 0 Å². The molecule has 7 heteroatoms. The molecule has 106 valence electrons. The molecule has 0 spiro atoms. The van der Waals surface area contributed by atoms with Crippen molar-refractivity contribution in [1.82, 2.24) is 9.55 Å². The number of carbonyl (C=O) groups excluding carboxylic acids is 1. The second kappa shape index (κ2) is 5.14. The lowest BCUT2D eigenvalue weighted by Crippen LogP contribution is -2.26. The largest absolute Gasteiger partial charge is 0.467 e. The number of methoxy groups -OCH3 is 1. The Morgan fingerprint density at radius 1 is 1.50 bits per heavy atom. The van der Waals surface area contributed by atoms with E-state index >= 15 is 0 Å². The van der Waals surface area contributed by atoms with Gasteiger partial charge in [-0.15, -0.1) is 0 Å². The first kappa shape index (κ1) is 13.5. The molecule has 3 heterocycles. The summed E-state index contributed by atoms with van der Waals surface area (Å²) >= 11 is 12.0. The van der Waals surface area contributed by atoms with E-state index in [-0.39, 0.29) is 11.2 Å². The molecule has 0 saturated carbocycles. The number of hydrogen-bond donors (Lipinski definition) is 0. The van der Waals surface area contributed by atoms with E-state index in [1.165, 1.54) is 7.11 Å². The Morgan fingerprint density at radius 3 is 2.95 bits per heavy atom. The van der Waals surface area contributed by atoms with Crippen LogP contribution in [0.15, 0.2) is 16.5 Å². The predicted molar refractivity (Wildman–Crippen MR) is 73.9 cm³/mol. The first-order chi connectivity index (χ1) is 9.61. The third-order valence-corrected chi connectivity index (χ3v) is 3.94.